The molecular weight excluding hydrogens is 378 g/mol. The van der Waals surface area contributed by atoms with Crippen LogP contribution in [0.1, 0.15) is 51.0 Å². The van der Waals surface area contributed by atoms with E-state index in [1.807, 2.05) is 37.3 Å². The first kappa shape index (κ1) is 21.6. The topological polar surface area (TPSA) is 96.5 Å². The van der Waals surface area contributed by atoms with E-state index in [-0.39, 0.29) is 36.6 Å². The highest BCUT2D eigenvalue weighted by atomic mass is 32.1. The fourth-order valence-corrected chi connectivity index (χ4v) is 3.81. The number of thiophene rings is 1. The molecule has 1 heterocycles. The van der Waals surface area contributed by atoms with Crippen LogP contribution >= 0.6 is 11.3 Å². The molecule has 1 atom stereocenters. The van der Waals surface area contributed by atoms with Crippen LogP contribution in [0.4, 0.5) is 5.00 Å². The minimum atomic E-state index is -0.563. The lowest BCUT2D eigenvalue weighted by Gasteiger charge is -2.14. The van der Waals surface area contributed by atoms with Crippen molar-refractivity contribution in [2.75, 3.05) is 25.5 Å². The first-order valence-corrected chi connectivity index (χ1v) is 9.81. The maximum Gasteiger partial charge on any atom is 0.341 e. The Hall–Kier alpha value is -2.71. The lowest BCUT2D eigenvalue weighted by Crippen LogP contribution is -2.30. The number of esters is 1. The van der Waals surface area contributed by atoms with E-state index in [9.17, 15) is 14.4 Å². The third-order valence-corrected chi connectivity index (χ3v) is 5.39. The minimum absolute atomic E-state index is 0.0111. The molecule has 1 aromatic heterocycles. The minimum Gasteiger partial charge on any atom is -0.462 e. The van der Waals surface area contributed by atoms with Gasteiger partial charge in [0.2, 0.25) is 5.91 Å². The zero-order chi connectivity index (χ0) is 20.7. The van der Waals surface area contributed by atoms with Crippen molar-refractivity contribution in [1.29, 1.82) is 0 Å². The summed E-state index contributed by atoms with van der Waals surface area (Å²) < 4.78 is 5.08. The summed E-state index contributed by atoms with van der Waals surface area (Å²) in [5.74, 6) is -1.19. The molecule has 0 aliphatic carbocycles. The Bertz CT molecular complexity index is 849. The van der Waals surface area contributed by atoms with Gasteiger partial charge in [-0.1, -0.05) is 30.3 Å². The summed E-state index contributed by atoms with van der Waals surface area (Å²) in [7, 11) is 1.51. The van der Waals surface area contributed by atoms with Crippen molar-refractivity contribution in [1.82, 2.24) is 10.6 Å². The SMILES string of the molecule is CCOC(=O)c1c(NC(=O)CN[C@@H](C)c2ccccc2)sc(C(=O)NC)c1C. The number of hydrogen-bond donors (Lipinski definition) is 3. The Balaban J connectivity index is 2.14. The van der Waals surface area contributed by atoms with Gasteiger partial charge in [-0.2, -0.15) is 0 Å². The predicted octanol–water partition coefficient (Wildman–Crippen LogP) is 2.88. The van der Waals surface area contributed by atoms with Crippen molar-refractivity contribution < 1.29 is 19.1 Å². The largest absolute Gasteiger partial charge is 0.462 e. The van der Waals surface area contributed by atoms with Gasteiger partial charge in [-0.25, -0.2) is 4.79 Å². The highest BCUT2D eigenvalue weighted by Crippen LogP contribution is 2.33. The van der Waals surface area contributed by atoms with Crippen molar-refractivity contribution in [3.05, 3.63) is 51.9 Å². The highest BCUT2D eigenvalue weighted by molar-refractivity contribution is 7.18. The zero-order valence-corrected chi connectivity index (χ0v) is 17.2. The summed E-state index contributed by atoms with van der Waals surface area (Å²) in [6, 6.07) is 9.76. The lowest BCUT2D eigenvalue weighted by molar-refractivity contribution is -0.115. The molecule has 2 aromatic rings. The molecule has 3 N–H and O–H groups in total. The third kappa shape index (κ3) is 5.17. The fourth-order valence-electron chi connectivity index (χ4n) is 2.66. The van der Waals surface area contributed by atoms with E-state index in [1.165, 1.54) is 7.05 Å². The monoisotopic (exact) mass is 403 g/mol. The average Bonchev–Trinajstić information content (AvgIpc) is 3.02. The Kier molecular flexibility index (Phi) is 7.71. The second-order valence-corrected chi connectivity index (χ2v) is 7.14. The second kappa shape index (κ2) is 10.0. The van der Waals surface area contributed by atoms with E-state index < -0.39 is 5.97 Å². The Morgan fingerprint density at radius 1 is 1.18 bits per heavy atom. The summed E-state index contributed by atoms with van der Waals surface area (Å²) in [6.07, 6.45) is 0. The quantitative estimate of drug-likeness (QED) is 0.589. The first-order valence-electron chi connectivity index (χ1n) is 8.99. The number of benzene rings is 1. The Labute approximate surface area is 168 Å². The predicted molar refractivity (Wildman–Crippen MR) is 110 cm³/mol. The van der Waals surface area contributed by atoms with Gasteiger partial charge in [0.25, 0.3) is 5.91 Å². The number of ether oxygens (including phenoxy) is 1. The highest BCUT2D eigenvalue weighted by Gasteiger charge is 2.26. The number of amides is 2. The smallest absolute Gasteiger partial charge is 0.341 e. The standard InChI is InChI=1S/C20H25N3O4S/c1-5-27-20(26)16-12(2)17(18(25)21-4)28-19(16)23-15(24)11-22-13(3)14-9-7-6-8-10-14/h6-10,13,22H,5,11H2,1-4H3,(H,21,25)(H,23,24)/t13-/m0/s1. The molecule has 28 heavy (non-hydrogen) atoms. The van der Waals surface area contributed by atoms with Crippen LogP contribution in [-0.4, -0.2) is 38.0 Å². The summed E-state index contributed by atoms with van der Waals surface area (Å²) in [6.45, 7) is 5.59. The molecule has 0 saturated heterocycles. The summed E-state index contributed by atoms with van der Waals surface area (Å²) in [5.41, 5.74) is 1.77. The molecule has 0 saturated carbocycles. The van der Waals surface area contributed by atoms with E-state index in [1.54, 1.807) is 13.8 Å². The molecule has 150 valence electrons. The fraction of sp³-hybridized carbons (Fsp3) is 0.350. The van der Waals surface area contributed by atoms with Gasteiger partial charge >= 0.3 is 5.97 Å². The molecule has 2 amide bonds. The molecule has 0 fully saturated rings. The molecular formula is C20H25N3O4S. The van der Waals surface area contributed by atoms with E-state index in [0.717, 1.165) is 16.9 Å². The van der Waals surface area contributed by atoms with Crippen molar-refractivity contribution in [3.8, 4) is 0 Å². The number of carbonyl (C=O) groups is 3. The van der Waals surface area contributed by atoms with E-state index in [4.69, 9.17) is 4.74 Å². The lowest BCUT2D eigenvalue weighted by atomic mass is 10.1. The molecule has 2 rings (SSSR count). The van der Waals surface area contributed by atoms with Gasteiger partial charge in [-0.05, 0) is 31.9 Å². The van der Waals surface area contributed by atoms with Crippen LogP contribution in [0.2, 0.25) is 0 Å². The number of rotatable bonds is 8. The maximum atomic E-state index is 12.4. The van der Waals surface area contributed by atoms with Crippen LogP contribution in [0.5, 0.6) is 0 Å². The molecule has 0 bridgehead atoms. The van der Waals surface area contributed by atoms with Gasteiger partial charge in [-0.15, -0.1) is 11.3 Å². The molecule has 0 aliphatic heterocycles. The molecule has 7 nitrogen and oxygen atoms in total. The van der Waals surface area contributed by atoms with Crippen molar-refractivity contribution in [3.63, 3.8) is 0 Å². The molecule has 0 unspecified atom stereocenters. The summed E-state index contributed by atoms with van der Waals surface area (Å²) >= 11 is 1.06. The van der Waals surface area contributed by atoms with Gasteiger partial charge < -0.3 is 20.7 Å². The van der Waals surface area contributed by atoms with Crippen LogP contribution in [-0.2, 0) is 9.53 Å². The number of hydrogen-bond acceptors (Lipinski definition) is 6. The molecule has 0 aliphatic rings. The van der Waals surface area contributed by atoms with Gasteiger partial charge in [0.05, 0.1) is 23.6 Å². The normalized spacial score (nSPS) is 11.6. The molecule has 8 heteroatoms. The van der Waals surface area contributed by atoms with Crippen LogP contribution in [0.3, 0.4) is 0 Å². The molecule has 1 aromatic carbocycles. The van der Waals surface area contributed by atoms with Crippen molar-refractivity contribution in [2.45, 2.75) is 26.8 Å². The van der Waals surface area contributed by atoms with E-state index in [2.05, 4.69) is 16.0 Å². The second-order valence-electron chi connectivity index (χ2n) is 6.12. The van der Waals surface area contributed by atoms with Gasteiger partial charge in [0, 0.05) is 13.1 Å². The maximum absolute atomic E-state index is 12.4. The zero-order valence-electron chi connectivity index (χ0n) is 16.4. The van der Waals surface area contributed by atoms with Gasteiger partial charge in [0.15, 0.2) is 0 Å². The summed E-state index contributed by atoms with van der Waals surface area (Å²) in [4.78, 5) is 37.2. The number of anilines is 1. The van der Waals surface area contributed by atoms with Gasteiger partial charge in [0.1, 0.15) is 5.00 Å². The molecule has 0 radical (unpaired) electrons. The third-order valence-electron chi connectivity index (χ3n) is 4.18. The Morgan fingerprint density at radius 3 is 2.46 bits per heavy atom. The van der Waals surface area contributed by atoms with Gasteiger partial charge in [-0.3, -0.25) is 9.59 Å². The van der Waals surface area contributed by atoms with Crippen LogP contribution < -0.4 is 16.0 Å². The van der Waals surface area contributed by atoms with Crippen LogP contribution in [0.25, 0.3) is 0 Å². The van der Waals surface area contributed by atoms with Crippen molar-refractivity contribution >= 4 is 34.1 Å². The van der Waals surface area contributed by atoms with Crippen LogP contribution in [0.15, 0.2) is 30.3 Å². The Morgan fingerprint density at radius 2 is 1.86 bits per heavy atom. The number of nitrogens with one attached hydrogen (secondary N) is 3. The first-order chi connectivity index (χ1) is 13.4. The van der Waals surface area contributed by atoms with E-state index >= 15 is 0 Å². The van der Waals surface area contributed by atoms with Crippen LogP contribution in [0, 0.1) is 6.92 Å². The molecule has 0 spiro atoms. The average molecular weight is 404 g/mol. The number of carbonyl (C=O) groups excluding carboxylic acids is 3. The van der Waals surface area contributed by atoms with E-state index in [0.29, 0.717) is 15.4 Å². The summed E-state index contributed by atoms with van der Waals surface area (Å²) in [5, 5.41) is 8.73. The van der Waals surface area contributed by atoms with Crippen molar-refractivity contribution in [2.24, 2.45) is 0 Å².